The summed E-state index contributed by atoms with van der Waals surface area (Å²) < 4.78 is 1.82. The van der Waals surface area contributed by atoms with Gasteiger partial charge in [-0.25, -0.2) is 14.5 Å². The fraction of sp³-hybridized carbons (Fsp3) is 0.200. The quantitative estimate of drug-likeness (QED) is 0.513. The number of hydrazine groups is 1. The third kappa shape index (κ3) is 3.62. The number of rotatable bonds is 4. The molecule has 0 unspecified atom stereocenters. The topological polar surface area (TPSA) is 114 Å². The lowest BCUT2D eigenvalue weighted by Gasteiger charge is -2.11. The molecule has 146 valence electrons. The van der Waals surface area contributed by atoms with Crippen LogP contribution in [0.15, 0.2) is 42.9 Å². The molecular formula is C20H19N7O2. The number of aryl methyl sites for hydroxylation is 2. The Morgan fingerprint density at radius 2 is 1.93 bits per heavy atom. The van der Waals surface area contributed by atoms with Gasteiger partial charge >= 0.3 is 0 Å². The zero-order valence-corrected chi connectivity index (χ0v) is 16.0. The zero-order chi connectivity index (χ0) is 20.4. The molecule has 4 rings (SSSR count). The maximum atomic E-state index is 12.2. The fourth-order valence-electron chi connectivity index (χ4n) is 3.25. The van der Waals surface area contributed by atoms with E-state index >= 15 is 0 Å². The number of carbonyl (C=O) groups is 2. The molecule has 2 amide bonds. The first-order valence-electron chi connectivity index (χ1n) is 9.13. The second-order valence-electron chi connectivity index (χ2n) is 6.61. The molecule has 9 heteroatoms. The van der Waals surface area contributed by atoms with Crippen LogP contribution in [0.3, 0.4) is 0 Å². The molecule has 0 bridgehead atoms. The van der Waals surface area contributed by atoms with Crippen molar-refractivity contribution in [3.63, 3.8) is 0 Å². The van der Waals surface area contributed by atoms with Crippen LogP contribution in [-0.4, -0.2) is 36.4 Å². The summed E-state index contributed by atoms with van der Waals surface area (Å²) in [7, 11) is 0. The number of aromatic nitrogens is 5. The summed E-state index contributed by atoms with van der Waals surface area (Å²) in [5.74, 6) is -0.836. The van der Waals surface area contributed by atoms with Gasteiger partial charge in [0.05, 0.1) is 11.7 Å². The summed E-state index contributed by atoms with van der Waals surface area (Å²) in [6.45, 7) is 3.90. The van der Waals surface area contributed by atoms with E-state index in [1.807, 2.05) is 42.6 Å². The van der Waals surface area contributed by atoms with Gasteiger partial charge in [0, 0.05) is 35.6 Å². The van der Waals surface area contributed by atoms with Gasteiger partial charge in [-0.1, -0.05) is 12.1 Å². The predicted octanol–water partition coefficient (Wildman–Crippen LogP) is 1.68. The van der Waals surface area contributed by atoms with Crippen molar-refractivity contribution < 1.29 is 9.59 Å². The number of nitrogens with zero attached hydrogens (tertiary/aromatic N) is 5. The highest BCUT2D eigenvalue weighted by molar-refractivity contribution is 5.93. The first-order chi connectivity index (χ1) is 14.0. The number of fused-ring (bicyclic) bond motifs is 3. The SMILES string of the molecule is Cc1nc2c3ccccc3nn2c(C)c1CCC(=O)NNC(=O)c1cnccn1. The van der Waals surface area contributed by atoms with Crippen molar-refractivity contribution in [2.45, 2.75) is 26.7 Å². The third-order valence-corrected chi connectivity index (χ3v) is 4.73. The average Bonchev–Trinajstić information content (AvgIpc) is 3.11. The lowest BCUT2D eigenvalue weighted by molar-refractivity contribution is -0.121. The summed E-state index contributed by atoms with van der Waals surface area (Å²) in [5.41, 5.74) is 9.31. The molecule has 2 N–H and O–H groups in total. The molecule has 3 aromatic heterocycles. The van der Waals surface area contributed by atoms with Gasteiger partial charge in [0.15, 0.2) is 5.65 Å². The van der Waals surface area contributed by atoms with E-state index in [4.69, 9.17) is 4.98 Å². The van der Waals surface area contributed by atoms with Crippen molar-refractivity contribution in [1.29, 1.82) is 0 Å². The van der Waals surface area contributed by atoms with Crippen molar-refractivity contribution in [3.05, 3.63) is 65.5 Å². The van der Waals surface area contributed by atoms with E-state index in [1.165, 1.54) is 18.6 Å². The van der Waals surface area contributed by atoms with Crippen LogP contribution in [0, 0.1) is 13.8 Å². The minimum absolute atomic E-state index is 0.125. The number of amides is 2. The molecule has 3 heterocycles. The Morgan fingerprint density at radius 3 is 2.72 bits per heavy atom. The second-order valence-corrected chi connectivity index (χ2v) is 6.61. The summed E-state index contributed by atoms with van der Waals surface area (Å²) in [6.07, 6.45) is 4.86. The number of nitrogens with one attached hydrogen (secondary N) is 2. The number of carbonyl (C=O) groups excluding carboxylic acids is 2. The molecular weight excluding hydrogens is 370 g/mol. The van der Waals surface area contributed by atoms with Crippen LogP contribution < -0.4 is 10.9 Å². The first kappa shape index (κ1) is 18.5. The van der Waals surface area contributed by atoms with Gasteiger partial charge in [0.25, 0.3) is 5.91 Å². The smallest absolute Gasteiger partial charge is 0.273 e. The lowest BCUT2D eigenvalue weighted by Crippen LogP contribution is -2.42. The Labute approximate surface area is 166 Å². The van der Waals surface area contributed by atoms with Crippen molar-refractivity contribution in [2.24, 2.45) is 0 Å². The van der Waals surface area contributed by atoms with Gasteiger partial charge in [-0.2, -0.15) is 5.10 Å². The molecule has 1 aromatic carbocycles. The van der Waals surface area contributed by atoms with Crippen LogP contribution in [0.5, 0.6) is 0 Å². The minimum Gasteiger partial charge on any atom is -0.273 e. The van der Waals surface area contributed by atoms with E-state index < -0.39 is 5.91 Å². The Morgan fingerprint density at radius 1 is 1.10 bits per heavy atom. The Bertz CT molecular complexity index is 1220. The van der Waals surface area contributed by atoms with Crippen LogP contribution in [0.1, 0.15) is 33.9 Å². The molecule has 0 saturated heterocycles. The van der Waals surface area contributed by atoms with Gasteiger partial charge < -0.3 is 0 Å². The molecule has 29 heavy (non-hydrogen) atoms. The van der Waals surface area contributed by atoms with Crippen LogP contribution in [0.25, 0.3) is 16.6 Å². The van der Waals surface area contributed by atoms with Gasteiger partial charge in [-0.05, 0) is 38.0 Å². The highest BCUT2D eigenvalue weighted by atomic mass is 16.2. The molecule has 0 saturated carbocycles. The summed E-state index contributed by atoms with van der Waals surface area (Å²) in [5, 5.41) is 5.62. The largest absolute Gasteiger partial charge is 0.289 e. The molecule has 0 fully saturated rings. The first-order valence-corrected chi connectivity index (χ1v) is 9.13. The van der Waals surface area contributed by atoms with Crippen molar-refractivity contribution in [2.75, 3.05) is 0 Å². The summed E-state index contributed by atoms with van der Waals surface area (Å²) in [4.78, 5) is 36.5. The maximum absolute atomic E-state index is 12.2. The molecule has 0 radical (unpaired) electrons. The molecule has 9 nitrogen and oxygen atoms in total. The van der Waals surface area contributed by atoms with Crippen LogP contribution in [0.2, 0.25) is 0 Å². The van der Waals surface area contributed by atoms with Gasteiger partial charge in [-0.3, -0.25) is 25.4 Å². The molecule has 0 aliphatic heterocycles. The second kappa shape index (κ2) is 7.63. The molecule has 0 aliphatic carbocycles. The molecule has 0 atom stereocenters. The zero-order valence-electron chi connectivity index (χ0n) is 16.0. The number of hydrogen-bond acceptors (Lipinski definition) is 6. The van der Waals surface area contributed by atoms with Gasteiger partial charge in [-0.15, -0.1) is 0 Å². The van der Waals surface area contributed by atoms with E-state index in [9.17, 15) is 9.59 Å². The molecule has 4 aromatic rings. The Balaban J connectivity index is 1.46. The van der Waals surface area contributed by atoms with E-state index in [-0.39, 0.29) is 18.0 Å². The summed E-state index contributed by atoms with van der Waals surface area (Å²) in [6, 6.07) is 7.85. The molecule has 0 spiro atoms. The number of benzene rings is 1. The lowest BCUT2D eigenvalue weighted by atomic mass is 10.1. The van der Waals surface area contributed by atoms with Crippen molar-refractivity contribution in [3.8, 4) is 0 Å². The van der Waals surface area contributed by atoms with Gasteiger partial charge in [0.2, 0.25) is 5.91 Å². The standard InChI is InChI=1S/C20H19N7O2/c1-12-14(7-8-18(28)24-25-20(29)17-11-21-9-10-22-17)13(2)27-19(23-12)15-5-3-4-6-16(15)26-27/h3-6,9-11H,7-8H2,1-2H3,(H,24,28)(H,25,29). The minimum atomic E-state index is -0.523. The highest BCUT2D eigenvalue weighted by Crippen LogP contribution is 2.22. The average molecular weight is 389 g/mol. The van der Waals surface area contributed by atoms with Crippen LogP contribution in [-0.2, 0) is 11.2 Å². The van der Waals surface area contributed by atoms with Crippen molar-refractivity contribution in [1.82, 2.24) is 35.4 Å². The molecule has 0 aliphatic rings. The summed E-state index contributed by atoms with van der Waals surface area (Å²) >= 11 is 0. The predicted molar refractivity (Wildman–Crippen MR) is 106 cm³/mol. The van der Waals surface area contributed by atoms with Crippen LogP contribution in [0.4, 0.5) is 0 Å². The Hall–Kier alpha value is -3.88. The fourth-order valence-corrected chi connectivity index (χ4v) is 3.25. The van der Waals surface area contributed by atoms with Gasteiger partial charge in [0.1, 0.15) is 5.69 Å². The normalized spacial score (nSPS) is 11.0. The third-order valence-electron chi connectivity index (χ3n) is 4.73. The maximum Gasteiger partial charge on any atom is 0.289 e. The van der Waals surface area contributed by atoms with E-state index in [0.29, 0.717) is 6.42 Å². The monoisotopic (exact) mass is 389 g/mol. The van der Waals surface area contributed by atoms with E-state index in [1.54, 1.807) is 0 Å². The Kier molecular flexibility index (Phi) is 4.86. The highest BCUT2D eigenvalue weighted by Gasteiger charge is 2.15. The number of hydrogen-bond donors (Lipinski definition) is 2. The van der Waals surface area contributed by atoms with E-state index in [0.717, 1.165) is 33.5 Å². The van der Waals surface area contributed by atoms with E-state index in [2.05, 4.69) is 25.9 Å². The van der Waals surface area contributed by atoms with Crippen molar-refractivity contribution >= 4 is 28.4 Å². The van der Waals surface area contributed by atoms with Crippen LogP contribution >= 0.6 is 0 Å².